The van der Waals surface area contributed by atoms with E-state index >= 15 is 0 Å². The molecule has 0 aromatic heterocycles. The zero-order chi connectivity index (χ0) is 13.9. The van der Waals surface area contributed by atoms with Crippen molar-refractivity contribution in [2.24, 2.45) is 11.8 Å². The smallest absolute Gasteiger partial charge is 0.166 e. The van der Waals surface area contributed by atoms with E-state index in [1.165, 1.54) is 30.4 Å². The standard InChI is InChI=1S/C9H5F3.C7H12/c1-2-7-4-3-5-8(6-7)9(10,11)12;1-2-6-4-5-7(6)3-1/h1,3-6H;6-7H,1-5H2. The molecular formula is C16H17F3. The van der Waals surface area contributed by atoms with Gasteiger partial charge in [-0.2, -0.15) is 13.2 Å². The number of benzene rings is 1. The fourth-order valence-electron chi connectivity index (χ4n) is 2.83. The van der Waals surface area contributed by atoms with Gasteiger partial charge in [-0.1, -0.05) is 31.2 Å². The summed E-state index contributed by atoms with van der Waals surface area (Å²) in [7, 11) is 0. The Balaban J connectivity index is 0.000000159. The lowest BCUT2D eigenvalue weighted by atomic mass is 9.77. The molecule has 2 unspecified atom stereocenters. The first-order valence-electron chi connectivity index (χ1n) is 6.64. The first kappa shape index (κ1) is 14.0. The van der Waals surface area contributed by atoms with Gasteiger partial charge in [0, 0.05) is 5.56 Å². The fraction of sp³-hybridized carbons (Fsp3) is 0.500. The van der Waals surface area contributed by atoms with Gasteiger partial charge in [0.05, 0.1) is 5.56 Å². The summed E-state index contributed by atoms with van der Waals surface area (Å²) in [6, 6.07) is 4.67. The maximum absolute atomic E-state index is 12.0. The molecule has 0 N–H and O–H groups in total. The molecule has 3 rings (SSSR count). The summed E-state index contributed by atoms with van der Waals surface area (Å²) >= 11 is 0. The maximum atomic E-state index is 12.0. The Morgan fingerprint density at radius 1 is 1.05 bits per heavy atom. The molecule has 0 amide bonds. The molecule has 0 nitrogen and oxygen atoms in total. The Kier molecular flexibility index (Phi) is 4.19. The van der Waals surface area contributed by atoms with Crippen LogP contribution in [-0.4, -0.2) is 0 Å². The van der Waals surface area contributed by atoms with E-state index in [0.29, 0.717) is 0 Å². The predicted octanol–water partition coefficient (Wildman–Crippen LogP) is 4.88. The van der Waals surface area contributed by atoms with Crippen LogP contribution in [0.3, 0.4) is 0 Å². The van der Waals surface area contributed by atoms with Gasteiger partial charge in [0.2, 0.25) is 0 Å². The highest BCUT2D eigenvalue weighted by Crippen LogP contribution is 2.46. The highest BCUT2D eigenvalue weighted by Gasteiger charge is 2.34. The second kappa shape index (κ2) is 5.69. The van der Waals surface area contributed by atoms with Gasteiger partial charge in [0.25, 0.3) is 0 Å². The molecule has 2 saturated carbocycles. The van der Waals surface area contributed by atoms with Crippen LogP contribution in [0.25, 0.3) is 0 Å². The van der Waals surface area contributed by atoms with Gasteiger partial charge in [-0.15, -0.1) is 6.42 Å². The van der Waals surface area contributed by atoms with E-state index in [-0.39, 0.29) is 5.56 Å². The predicted molar refractivity (Wildman–Crippen MR) is 69.4 cm³/mol. The number of rotatable bonds is 0. The van der Waals surface area contributed by atoms with Crippen LogP contribution in [0, 0.1) is 24.2 Å². The molecule has 0 radical (unpaired) electrons. The van der Waals surface area contributed by atoms with Crippen molar-refractivity contribution in [1.29, 1.82) is 0 Å². The summed E-state index contributed by atoms with van der Waals surface area (Å²) in [6.07, 6.45) is 8.41. The maximum Gasteiger partial charge on any atom is 0.416 e. The van der Waals surface area contributed by atoms with Crippen molar-refractivity contribution < 1.29 is 13.2 Å². The third kappa shape index (κ3) is 3.53. The summed E-state index contributed by atoms with van der Waals surface area (Å²) in [4.78, 5) is 0. The Morgan fingerprint density at radius 2 is 1.68 bits per heavy atom. The molecule has 0 heterocycles. The highest BCUT2D eigenvalue weighted by atomic mass is 19.4. The third-order valence-corrected chi connectivity index (χ3v) is 4.08. The first-order chi connectivity index (χ1) is 9.00. The normalized spacial score (nSPS) is 24.5. The molecule has 2 atom stereocenters. The van der Waals surface area contributed by atoms with Crippen LogP contribution in [0.5, 0.6) is 0 Å². The lowest BCUT2D eigenvalue weighted by molar-refractivity contribution is -0.137. The number of hydrogen-bond donors (Lipinski definition) is 0. The molecule has 3 heteroatoms. The van der Waals surface area contributed by atoms with Crippen molar-refractivity contribution in [3.8, 4) is 12.3 Å². The molecule has 2 fully saturated rings. The average Bonchev–Trinajstić information content (AvgIpc) is 2.68. The quantitative estimate of drug-likeness (QED) is 0.587. The summed E-state index contributed by atoms with van der Waals surface area (Å²) in [5.41, 5.74) is -0.470. The molecule has 0 saturated heterocycles. The molecule has 0 aliphatic heterocycles. The zero-order valence-corrected chi connectivity index (χ0v) is 10.7. The van der Waals surface area contributed by atoms with Gasteiger partial charge in [0.15, 0.2) is 0 Å². The van der Waals surface area contributed by atoms with Gasteiger partial charge in [0.1, 0.15) is 0 Å². The SMILES string of the molecule is C#Cc1cccc(C(F)(F)F)c1.C1CC2CCC2C1. The van der Waals surface area contributed by atoms with Crippen molar-refractivity contribution in [3.63, 3.8) is 0 Å². The van der Waals surface area contributed by atoms with Crippen LogP contribution in [0.1, 0.15) is 43.2 Å². The first-order valence-corrected chi connectivity index (χ1v) is 6.64. The van der Waals surface area contributed by atoms with Crippen LogP contribution < -0.4 is 0 Å². The van der Waals surface area contributed by atoms with Crippen molar-refractivity contribution in [1.82, 2.24) is 0 Å². The third-order valence-electron chi connectivity index (χ3n) is 4.08. The molecule has 2 aliphatic rings. The Labute approximate surface area is 112 Å². The molecule has 1 aromatic rings. The average molecular weight is 266 g/mol. The summed E-state index contributed by atoms with van der Waals surface area (Å²) in [5.74, 6) is 4.53. The minimum absolute atomic E-state index is 0.241. The topological polar surface area (TPSA) is 0 Å². The number of terminal acetylenes is 1. The van der Waals surface area contributed by atoms with E-state index < -0.39 is 11.7 Å². The fourth-order valence-corrected chi connectivity index (χ4v) is 2.83. The Morgan fingerprint density at radius 3 is 2.11 bits per heavy atom. The molecule has 19 heavy (non-hydrogen) atoms. The second-order valence-corrected chi connectivity index (χ2v) is 5.25. The largest absolute Gasteiger partial charge is 0.416 e. The van der Waals surface area contributed by atoms with Crippen molar-refractivity contribution >= 4 is 0 Å². The number of fused-ring (bicyclic) bond motifs is 1. The van der Waals surface area contributed by atoms with E-state index in [2.05, 4.69) is 5.92 Å². The van der Waals surface area contributed by atoms with Crippen molar-refractivity contribution in [2.75, 3.05) is 0 Å². The molecule has 102 valence electrons. The van der Waals surface area contributed by atoms with Crippen LogP contribution in [0.2, 0.25) is 0 Å². The van der Waals surface area contributed by atoms with Gasteiger partial charge >= 0.3 is 6.18 Å². The van der Waals surface area contributed by atoms with Crippen LogP contribution in [0.4, 0.5) is 13.2 Å². The molecular weight excluding hydrogens is 249 g/mol. The summed E-state index contributed by atoms with van der Waals surface area (Å²) in [6.45, 7) is 0. The molecule has 2 aliphatic carbocycles. The number of hydrogen-bond acceptors (Lipinski definition) is 0. The van der Waals surface area contributed by atoms with E-state index in [1.807, 2.05) is 0 Å². The minimum Gasteiger partial charge on any atom is -0.166 e. The van der Waals surface area contributed by atoms with E-state index in [9.17, 15) is 13.2 Å². The monoisotopic (exact) mass is 266 g/mol. The van der Waals surface area contributed by atoms with E-state index in [1.54, 1.807) is 25.7 Å². The summed E-state index contributed by atoms with van der Waals surface area (Å²) < 4.78 is 36.1. The Bertz CT molecular complexity index is 458. The highest BCUT2D eigenvalue weighted by molar-refractivity contribution is 5.36. The number of alkyl halides is 3. The molecule has 0 bridgehead atoms. The zero-order valence-electron chi connectivity index (χ0n) is 10.7. The Hall–Kier alpha value is -1.43. The lowest BCUT2D eigenvalue weighted by Gasteiger charge is -2.29. The molecule has 0 spiro atoms. The summed E-state index contributed by atoms with van der Waals surface area (Å²) in [5, 5.41) is 0. The minimum atomic E-state index is -4.31. The van der Waals surface area contributed by atoms with Crippen molar-refractivity contribution in [2.45, 2.75) is 38.3 Å². The van der Waals surface area contributed by atoms with Crippen LogP contribution in [0.15, 0.2) is 24.3 Å². The van der Waals surface area contributed by atoms with E-state index in [0.717, 1.165) is 12.1 Å². The second-order valence-electron chi connectivity index (χ2n) is 5.25. The molecule has 1 aromatic carbocycles. The van der Waals surface area contributed by atoms with Gasteiger partial charge in [-0.05, 0) is 42.9 Å². The van der Waals surface area contributed by atoms with Gasteiger partial charge in [-0.25, -0.2) is 0 Å². The van der Waals surface area contributed by atoms with Crippen LogP contribution in [-0.2, 0) is 6.18 Å². The van der Waals surface area contributed by atoms with E-state index in [4.69, 9.17) is 6.42 Å². The van der Waals surface area contributed by atoms with Gasteiger partial charge in [-0.3, -0.25) is 0 Å². The number of halogens is 3. The van der Waals surface area contributed by atoms with Crippen LogP contribution >= 0.6 is 0 Å². The van der Waals surface area contributed by atoms with Gasteiger partial charge < -0.3 is 0 Å². The lowest BCUT2D eigenvalue weighted by Crippen LogP contribution is -2.18. The van der Waals surface area contributed by atoms with Crippen molar-refractivity contribution in [3.05, 3.63) is 35.4 Å².